The number of pyridine rings is 1. The van der Waals surface area contributed by atoms with Crippen LogP contribution in [0, 0.1) is 0 Å². The molecule has 4 heterocycles. The standard InChI is InChI=1S/C22H25N6PS/c1-3-29(2)30-28-10-7-15(8-11-28)21-13-18-20(6-9-23-22(18)26-21)25-17-4-5-19-16(12-17)14-24-27-19/h4-7,9,12-14H,3,8,10-11H2,1-2H3,(H,24,27)(H2,23,25,26). The molecule has 1 aliphatic rings. The topological polar surface area (TPSA) is 72.6 Å². The molecular weight excluding hydrogens is 411 g/mol. The molecule has 0 aliphatic carbocycles. The highest BCUT2D eigenvalue weighted by Gasteiger charge is 2.17. The van der Waals surface area contributed by atoms with E-state index < -0.39 is 0 Å². The summed E-state index contributed by atoms with van der Waals surface area (Å²) in [5, 5.41) is 12.8. The maximum absolute atomic E-state index is 4.56. The van der Waals surface area contributed by atoms with Crippen LogP contribution in [0.2, 0.25) is 0 Å². The van der Waals surface area contributed by atoms with E-state index in [-0.39, 0.29) is 7.12 Å². The Balaban J connectivity index is 1.38. The Morgan fingerprint density at radius 3 is 3.03 bits per heavy atom. The quantitative estimate of drug-likeness (QED) is 0.257. The van der Waals surface area contributed by atoms with Gasteiger partial charge in [0.2, 0.25) is 0 Å². The smallest absolute Gasteiger partial charge is 0.139 e. The van der Waals surface area contributed by atoms with Gasteiger partial charge in [0, 0.05) is 41.4 Å². The number of benzene rings is 1. The minimum absolute atomic E-state index is 0.0583. The van der Waals surface area contributed by atoms with E-state index in [0.29, 0.717) is 0 Å². The molecule has 0 saturated heterocycles. The Labute approximate surface area is 181 Å². The molecule has 154 valence electrons. The molecule has 0 bridgehead atoms. The van der Waals surface area contributed by atoms with Crippen molar-refractivity contribution in [2.24, 2.45) is 0 Å². The molecule has 1 aliphatic heterocycles. The average Bonchev–Trinajstić information content (AvgIpc) is 3.41. The van der Waals surface area contributed by atoms with E-state index >= 15 is 0 Å². The predicted molar refractivity (Wildman–Crippen MR) is 131 cm³/mol. The lowest BCUT2D eigenvalue weighted by molar-refractivity contribution is 0.521. The van der Waals surface area contributed by atoms with Gasteiger partial charge in [-0.15, -0.1) is 0 Å². The second kappa shape index (κ2) is 8.42. The summed E-state index contributed by atoms with van der Waals surface area (Å²) in [5.74, 6) is 0. The summed E-state index contributed by atoms with van der Waals surface area (Å²) < 4.78 is 2.50. The first-order valence-electron chi connectivity index (χ1n) is 10.2. The van der Waals surface area contributed by atoms with Crippen LogP contribution in [-0.4, -0.2) is 50.4 Å². The molecule has 30 heavy (non-hydrogen) atoms. The minimum atomic E-state index is 0.0583. The number of nitrogens with zero attached hydrogens (tertiary/aromatic N) is 3. The lowest BCUT2D eigenvalue weighted by Gasteiger charge is -2.27. The molecule has 0 saturated carbocycles. The summed E-state index contributed by atoms with van der Waals surface area (Å²) in [6.07, 6.45) is 8.39. The zero-order valence-electron chi connectivity index (χ0n) is 17.1. The van der Waals surface area contributed by atoms with Crippen molar-refractivity contribution in [1.82, 2.24) is 24.5 Å². The minimum Gasteiger partial charge on any atom is -0.355 e. The maximum Gasteiger partial charge on any atom is 0.139 e. The molecule has 1 unspecified atom stereocenters. The summed E-state index contributed by atoms with van der Waals surface area (Å²) >= 11 is 2.04. The molecule has 5 rings (SSSR count). The predicted octanol–water partition coefficient (Wildman–Crippen LogP) is 5.97. The summed E-state index contributed by atoms with van der Waals surface area (Å²) in [4.78, 5) is 8.08. The highest BCUT2D eigenvalue weighted by molar-refractivity contribution is 8.54. The van der Waals surface area contributed by atoms with Crippen LogP contribution >= 0.6 is 18.7 Å². The van der Waals surface area contributed by atoms with Gasteiger partial charge in [-0.25, -0.2) is 9.29 Å². The van der Waals surface area contributed by atoms with Gasteiger partial charge in [-0.2, -0.15) is 5.10 Å². The van der Waals surface area contributed by atoms with Gasteiger partial charge in [0.05, 0.1) is 17.4 Å². The summed E-state index contributed by atoms with van der Waals surface area (Å²) in [6, 6.07) is 10.5. The van der Waals surface area contributed by atoms with Crippen LogP contribution in [0.15, 0.2) is 48.8 Å². The molecule has 0 spiro atoms. The van der Waals surface area contributed by atoms with Gasteiger partial charge in [0.15, 0.2) is 0 Å². The summed E-state index contributed by atoms with van der Waals surface area (Å²) in [6.45, 7) is 6.74. The molecule has 0 amide bonds. The second-order valence-corrected chi connectivity index (χ2v) is 12.4. The third-order valence-corrected chi connectivity index (χ3v) is 9.50. The van der Waals surface area contributed by atoms with Crippen LogP contribution in [0.3, 0.4) is 0 Å². The molecular formula is C22H25N6PS. The first-order chi connectivity index (χ1) is 14.7. The van der Waals surface area contributed by atoms with E-state index in [1.54, 1.807) is 0 Å². The van der Waals surface area contributed by atoms with Crippen molar-refractivity contribution in [2.45, 2.75) is 13.3 Å². The van der Waals surface area contributed by atoms with Crippen LogP contribution in [0.1, 0.15) is 19.0 Å². The SMILES string of the molecule is CCP(C)SN1CC=C(c2cc3c(Nc4ccc5[nH]ncc5c4)ccnc3[nH]2)CC1. The van der Waals surface area contributed by atoms with E-state index in [1.807, 2.05) is 36.1 Å². The van der Waals surface area contributed by atoms with Crippen molar-refractivity contribution in [3.8, 4) is 0 Å². The number of hydrogen-bond donors (Lipinski definition) is 3. The Bertz CT molecular complexity index is 1210. The zero-order chi connectivity index (χ0) is 20.5. The number of nitrogens with one attached hydrogen (secondary N) is 3. The normalized spacial score (nSPS) is 16.1. The molecule has 6 nitrogen and oxygen atoms in total. The van der Waals surface area contributed by atoms with Crippen LogP contribution in [0.4, 0.5) is 11.4 Å². The number of aromatic nitrogens is 4. The van der Waals surface area contributed by atoms with Gasteiger partial charge in [-0.3, -0.25) is 5.10 Å². The zero-order valence-corrected chi connectivity index (χ0v) is 18.9. The van der Waals surface area contributed by atoms with E-state index in [1.165, 1.54) is 17.4 Å². The van der Waals surface area contributed by atoms with Crippen molar-refractivity contribution < 1.29 is 0 Å². The molecule has 1 aromatic carbocycles. The lowest BCUT2D eigenvalue weighted by atomic mass is 10.1. The Kier molecular flexibility index (Phi) is 5.50. The highest BCUT2D eigenvalue weighted by Crippen LogP contribution is 2.48. The van der Waals surface area contributed by atoms with Gasteiger partial charge >= 0.3 is 0 Å². The summed E-state index contributed by atoms with van der Waals surface area (Å²) in [7, 11) is 0.0583. The fourth-order valence-electron chi connectivity index (χ4n) is 3.71. The van der Waals surface area contributed by atoms with Crippen LogP contribution in [0.25, 0.3) is 27.5 Å². The Hall–Kier alpha value is -2.34. The molecule has 0 fully saturated rings. The number of hydrogen-bond acceptors (Lipinski definition) is 5. The van der Waals surface area contributed by atoms with Gasteiger partial charge in [-0.05, 0) is 62.3 Å². The number of rotatable bonds is 6. The van der Waals surface area contributed by atoms with Crippen LogP contribution < -0.4 is 5.32 Å². The van der Waals surface area contributed by atoms with E-state index in [0.717, 1.165) is 52.8 Å². The highest BCUT2D eigenvalue weighted by atomic mass is 32.7. The molecule has 1 atom stereocenters. The van der Waals surface area contributed by atoms with Crippen molar-refractivity contribution >= 4 is 57.6 Å². The maximum atomic E-state index is 4.56. The third-order valence-electron chi connectivity index (χ3n) is 5.47. The average molecular weight is 437 g/mol. The van der Waals surface area contributed by atoms with E-state index in [4.69, 9.17) is 0 Å². The Morgan fingerprint density at radius 2 is 2.20 bits per heavy atom. The first-order valence-corrected chi connectivity index (χ1v) is 13.6. The van der Waals surface area contributed by atoms with E-state index in [2.05, 4.69) is 67.7 Å². The number of anilines is 2. The van der Waals surface area contributed by atoms with Gasteiger partial charge in [0.1, 0.15) is 5.65 Å². The van der Waals surface area contributed by atoms with Crippen molar-refractivity contribution in [3.05, 3.63) is 54.5 Å². The van der Waals surface area contributed by atoms with Crippen molar-refractivity contribution in [1.29, 1.82) is 0 Å². The molecule has 4 aromatic rings. The number of H-pyrrole nitrogens is 2. The number of aromatic amines is 2. The van der Waals surface area contributed by atoms with Crippen LogP contribution in [0.5, 0.6) is 0 Å². The van der Waals surface area contributed by atoms with Gasteiger partial charge in [-0.1, -0.05) is 24.6 Å². The summed E-state index contributed by atoms with van der Waals surface area (Å²) in [5.41, 5.74) is 6.60. The molecule has 0 radical (unpaired) electrons. The first kappa shape index (κ1) is 19.6. The largest absolute Gasteiger partial charge is 0.355 e. The Morgan fingerprint density at radius 1 is 1.27 bits per heavy atom. The van der Waals surface area contributed by atoms with E-state index in [9.17, 15) is 0 Å². The van der Waals surface area contributed by atoms with Gasteiger partial charge in [0.25, 0.3) is 0 Å². The molecule has 8 heteroatoms. The second-order valence-electron chi connectivity index (χ2n) is 7.49. The molecule has 3 N–H and O–H groups in total. The van der Waals surface area contributed by atoms with Gasteiger partial charge < -0.3 is 10.3 Å². The van der Waals surface area contributed by atoms with Crippen LogP contribution in [-0.2, 0) is 0 Å². The fourth-order valence-corrected chi connectivity index (χ4v) is 6.51. The molecule has 3 aromatic heterocycles. The lowest BCUT2D eigenvalue weighted by Crippen LogP contribution is -2.21. The fraction of sp³-hybridized carbons (Fsp3) is 0.273. The van der Waals surface area contributed by atoms with Crippen molar-refractivity contribution in [3.63, 3.8) is 0 Å². The monoisotopic (exact) mass is 436 g/mol. The number of fused-ring (bicyclic) bond motifs is 2. The van der Waals surface area contributed by atoms with Crippen molar-refractivity contribution in [2.75, 3.05) is 31.2 Å². The third kappa shape index (κ3) is 3.97.